The lowest BCUT2D eigenvalue weighted by atomic mass is 10.1. The molecule has 25 heavy (non-hydrogen) atoms. The molecule has 1 N–H and O–H groups in total. The molecule has 128 valence electrons. The van der Waals surface area contributed by atoms with Crippen LogP contribution in [0.25, 0.3) is 20.8 Å². The Bertz CT molecular complexity index is 981. The topological polar surface area (TPSA) is 42.0 Å². The van der Waals surface area contributed by atoms with Gasteiger partial charge >= 0.3 is 0 Å². The second kappa shape index (κ2) is 5.89. The van der Waals surface area contributed by atoms with Gasteiger partial charge in [-0.05, 0) is 62.2 Å². The third kappa shape index (κ3) is 3.04. The number of hydrogen-bond acceptors (Lipinski definition) is 3. The number of hydrogen-bond donors (Lipinski definition) is 1. The fraction of sp³-hybridized carbons (Fsp3) is 0.263. The maximum absolute atomic E-state index is 12.4. The van der Waals surface area contributed by atoms with Gasteiger partial charge in [0.25, 0.3) is 0 Å². The normalized spacial score (nSPS) is 21.3. The van der Waals surface area contributed by atoms with Crippen LogP contribution in [0.2, 0.25) is 0 Å². The van der Waals surface area contributed by atoms with Crippen molar-refractivity contribution in [2.45, 2.75) is 23.5 Å². The monoisotopic (exact) mass is 478 g/mol. The number of carbonyl (C=O) groups is 1. The average molecular weight is 480 g/mol. The SMILES string of the molecule is Cc1ccc2sc(-c3ccc(NC(=O)[C@@]4(C)CC4(Br)Br)cc3)nc2c1. The summed E-state index contributed by atoms with van der Waals surface area (Å²) in [7, 11) is 0. The Labute approximate surface area is 167 Å². The van der Waals surface area contributed by atoms with E-state index in [-0.39, 0.29) is 9.14 Å². The molecule has 1 fully saturated rings. The van der Waals surface area contributed by atoms with Crippen molar-refractivity contribution in [3.05, 3.63) is 48.0 Å². The van der Waals surface area contributed by atoms with Crippen LogP contribution in [0, 0.1) is 12.3 Å². The van der Waals surface area contributed by atoms with Crippen LogP contribution in [0.1, 0.15) is 18.9 Å². The smallest absolute Gasteiger partial charge is 0.232 e. The molecule has 1 atom stereocenters. The number of rotatable bonds is 3. The molecular weight excluding hydrogens is 464 g/mol. The van der Waals surface area contributed by atoms with Gasteiger partial charge in [-0.25, -0.2) is 4.98 Å². The molecular formula is C19H16Br2N2OS. The van der Waals surface area contributed by atoms with E-state index in [0.29, 0.717) is 0 Å². The molecule has 0 bridgehead atoms. The quantitative estimate of drug-likeness (QED) is 0.460. The number of benzene rings is 2. The maximum Gasteiger partial charge on any atom is 0.232 e. The summed E-state index contributed by atoms with van der Waals surface area (Å²) >= 11 is 8.75. The zero-order valence-corrected chi connectivity index (χ0v) is 17.8. The van der Waals surface area contributed by atoms with Crippen molar-refractivity contribution in [1.82, 2.24) is 4.98 Å². The Balaban J connectivity index is 1.54. The highest BCUT2D eigenvalue weighted by Crippen LogP contribution is 2.66. The van der Waals surface area contributed by atoms with Gasteiger partial charge in [-0.2, -0.15) is 0 Å². The lowest BCUT2D eigenvalue weighted by Gasteiger charge is -2.13. The molecule has 4 rings (SSSR count). The minimum absolute atomic E-state index is 0.0180. The third-order valence-electron chi connectivity index (χ3n) is 4.69. The van der Waals surface area contributed by atoms with Gasteiger partial charge in [0.2, 0.25) is 5.91 Å². The molecule has 3 aromatic rings. The Morgan fingerprint density at radius 3 is 2.52 bits per heavy atom. The zero-order chi connectivity index (χ0) is 17.8. The van der Waals surface area contributed by atoms with Gasteiger partial charge in [-0.3, -0.25) is 4.79 Å². The van der Waals surface area contributed by atoms with E-state index in [1.54, 1.807) is 11.3 Å². The zero-order valence-electron chi connectivity index (χ0n) is 13.8. The molecule has 6 heteroatoms. The first-order chi connectivity index (χ1) is 11.8. The van der Waals surface area contributed by atoms with Crippen LogP contribution in [-0.2, 0) is 4.79 Å². The molecule has 0 radical (unpaired) electrons. The van der Waals surface area contributed by atoms with Crippen molar-refractivity contribution in [3.63, 3.8) is 0 Å². The highest BCUT2D eigenvalue weighted by atomic mass is 79.9. The van der Waals surface area contributed by atoms with E-state index in [1.807, 2.05) is 31.2 Å². The van der Waals surface area contributed by atoms with Gasteiger partial charge in [0.1, 0.15) is 5.01 Å². The lowest BCUT2D eigenvalue weighted by Crippen LogP contribution is -2.25. The molecule has 0 saturated heterocycles. The van der Waals surface area contributed by atoms with Crippen molar-refractivity contribution in [2.75, 3.05) is 5.32 Å². The summed E-state index contributed by atoms with van der Waals surface area (Å²) < 4.78 is 0.904. The molecule has 1 aromatic heterocycles. The molecule has 1 saturated carbocycles. The van der Waals surface area contributed by atoms with E-state index in [0.717, 1.165) is 28.2 Å². The second-order valence-electron chi connectivity index (χ2n) is 6.74. The van der Waals surface area contributed by atoms with Gasteiger partial charge in [0.15, 0.2) is 0 Å². The average Bonchev–Trinajstić information content (AvgIpc) is 2.91. The molecule has 1 aliphatic rings. The first-order valence-corrected chi connectivity index (χ1v) is 10.4. The second-order valence-corrected chi connectivity index (χ2v) is 11.5. The first-order valence-electron chi connectivity index (χ1n) is 7.95. The van der Waals surface area contributed by atoms with Crippen molar-refractivity contribution < 1.29 is 4.79 Å². The third-order valence-corrected chi connectivity index (χ3v) is 8.09. The van der Waals surface area contributed by atoms with Crippen LogP contribution in [-0.4, -0.2) is 14.1 Å². The lowest BCUT2D eigenvalue weighted by molar-refractivity contribution is -0.120. The summed E-state index contributed by atoms with van der Waals surface area (Å²) in [5.41, 5.74) is 3.69. The van der Waals surface area contributed by atoms with Crippen LogP contribution in [0.5, 0.6) is 0 Å². The maximum atomic E-state index is 12.4. The van der Waals surface area contributed by atoms with E-state index in [2.05, 4.69) is 62.3 Å². The Hall–Kier alpha value is -1.24. The predicted octanol–water partition coefficient (Wildman–Crippen LogP) is 6.11. The van der Waals surface area contributed by atoms with Crippen molar-refractivity contribution in [1.29, 1.82) is 0 Å². The minimum atomic E-state index is -0.420. The summed E-state index contributed by atoms with van der Waals surface area (Å²) in [6.07, 6.45) is 0.773. The molecule has 1 heterocycles. The number of halogens is 2. The summed E-state index contributed by atoms with van der Waals surface area (Å²) in [5, 5.41) is 3.99. The highest BCUT2D eigenvalue weighted by Gasteiger charge is 2.66. The van der Waals surface area contributed by atoms with Gasteiger partial charge < -0.3 is 5.32 Å². The van der Waals surface area contributed by atoms with Crippen LogP contribution in [0.4, 0.5) is 5.69 Å². The molecule has 3 nitrogen and oxygen atoms in total. The molecule has 1 amide bonds. The number of aromatic nitrogens is 1. The number of carbonyl (C=O) groups excluding carboxylic acids is 1. The number of anilines is 1. The van der Waals surface area contributed by atoms with Crippen molar-refractivity contribution >= 4 is 65.0 Å². The number of thiazole rings is 1. The van der Waals surface area contributed by atoms with Crippen molar-refractivity contribution in [3.8, 4) is 10.6 Å². The predicted molar refractivity (Wildman–Crippen MR) is 112 cm³/mol. The van der Waals surface area contributed by atoms with E-state index in [9.17, 15) is 4.79 Å². The molecule has 0 unspecified atom stereocenters. The summed E-state index contributed by atoms with van der Waals surface area (Å²) in [6.45, 7) is 4.02. The molecule has 1 aliphatic carbocycles. The number of alkyl halides is 2. The Morgan fingerprint density at radius 2 is 1.88 bits per heavy atom. The Morgan fingerprint density at radius 1 is 1.20 bits per heavy atom. The van der Waals surface area contributed by atoms with Crippen LogP contribution < -0.4 is 5.32 Å². The van der Waals surface area contributed by atoms with E-state index < -0.39 is 5.41 Å². The van der Waals surface area contributed by atoms with E-state index >= 15 is 0 Å². The van der Waals surface area contributed by atoms with Crippen molar-refractivity contribution in [2.24, 2.45) is 5.41 Å². The van der Waals surface area contributed by atoms with Gasteiger partial charge in [-0.1, -0.05) is 37.9 Å². The largest absolute Gasteiger partial charge is 0.326 e. The van der Waals surface area contributed by atoms with Gasteiger partial charge in [0, 0.05) is 11.3 Å². The minimum Gasteiger partial charge on any atom is -0.326 e. The molecule has 0 aliphatic heterocycles. The number of nitrogens with one attached hydrogen (secondary N) is 1. The van der Waals surface area contributed by atoms with Gasteiger partial charge in [0.05, 0.1) is 18.9 Å². The fourth-order valence-electron chi connectivity index (χ4n) is 2.77. The van der Waals surface area contributed by atoms with Crippen LogP contribution >= 0.6 is 43.2 Å². The first kappa shape index (κ1) is 17.2. The summed E-state index contributed by atoms with van der Waals surface area (Å²) in [5.74, 6) is 0.0180. The fourth-order valence-corrected chi connectivity index (χ4v) is 5.21. The van der Waals surface area contributed by atoms with E-state index in [1.165, 1.54) is 10.3 Å². The van der Waals surface area contributed by atoms with Crippen LogP contribution in [0.3, 0.4) is 0 Å². The standard InChI is InChI=1S/C19H16Br2N2OS/c1-11-3-8-15-14(9-11)23-16(25-15)12-4-6-13(7-5-12)22-17(24)18(2)10-19(18,20)21/h3-9H,10H2,1-2H3,(H,22,24)/t18-/m1/s1. The number of aryl methyl sites for hydroxylation is 1. The van der Waals surface area contributed by atoms with E-state index in [4.69, 9.17) is 4.98 Å². The molecule has 2 aromatic carbocycles. The number of fused-ring (bicyclic) bond motifs is 1. The number of amides is 1. The number of nitrogens with zero attached hydrogens (tertiary/aromatic N) is 1. The summed E-state index contributed by atoms with van der Waals surface area (Å²) in [6, 6.07) is 14.2. The molecule has 0 spiro atoms. The highest BCUT2D eigenvalue weighted by molar-refractivity contribution is 9.25. The summed E-state index contributed by atoms with van der Waals surface area (Å²) in [4.78, 5) is 17.2. The van der Waals surface area contributed by atoms with Crippen LogP contribution in [0.15, 0.2) is 42.5 Å². The Kier molecular flexibility index (Phi) is 4.05. The van der Waals surface area contributed by atoms with Gasteiger partial charge in [-0.15, -0.1) is 11.3 Å².